The Kier molecular flexibility index (Phi) is 4.46. The molecule has 116 valence electrons. The molecule has 3 nitrogen and oxygen atoms in total. The van der Waals surface area contributed by atoms with Crippen molar-refractivity contribution in [1.29, 1.82) is 0 Å². The van der Waals surface area contributed by atoms with Crippen molar-refractivity contribution in [3.8, 4) is 0 Å². The highest BCUT2D eigenvalue weighted by Gasteiger charge is 2.37. The summed E-state index contributed by atoms with van der Waals surface area (Å²) in [5.41, 5.74) is 2.54. The first-order valence-electron chi connectivity index (χ1n) is 7.91. The number of rotatable bonds is 5. The molecule has 22 heavy (non-hydrogen) atoms. The van der Waals surface area contributed by atoms with E-state index < -0.39 is 0 Å². The zero-order valence-corrected chi connectivity index (χ0v) is 13.9. The van der Waals surface area contributed by atoms with E-state index in [9.17, 15) is 0 Å². The summed E-state index contributed by atoms with van der Waals surface area (Å²) in [6.45, 7) is 5.01. The fourth-order valence-electron chi connectivity index (χ4n) is 2.89. The summed E-state index contributed by atoms with van der Waals surface area (Å²) >= 11 is 6.00. The van der Waals surface area contributed by atoms with Crippen LogP contribution in [0.5, 0.6) is 0 Å². The minimum absolute atomic E-state index is 0.0846. The summed E-state index contributed by atoms with van der Waals surface area (Å²) in [4.78, 5) is 8.88. The number of nitrogens with zero attached hydrogens (tertiary/aromatic N) is 2. The van der Waals surface area contributed by atoms with E-state index >= 15 is 0 Å². The van der Waals surface area contributed by atoms with Crippen LogP contribution in [0.15, 0.2) is 36.7 Å². The zero-order valence-electron chi connectivity index (χ0n) is 13.1. The van der Waals surface area contributed by atoms with Gasteiger partial charge in [-0.15, -0.1) is 0 Å². The van der Waals surface area contributed by atoms with Crippen molar-refractivity contribution in [2.45, 2.75) is 51.1 Å². The Bertz CT molecular complexity index is 616. The molecule has 0 saturated heterocycles. The molecule has 1 aliphatic carbocycles. The van der Waals surface area contributed by atoms with Gasteiger partial charge in [-0.25, -0.2) is 9.97 Å². The molecule has 1 aromatic heterocycles. The second kappa shape index (κ2) is 6.35. The highest BCUT2D eigenvalue weighted by atomic mass is 35.5. The van der Waals surface area contributed by atoms with Crippen molar-refractivity contribution in [2.75, 3.05) is 0 Å². The van der Waals surface area contributed by atoms with E-state index in [-0.39, 0.29) is 5.54 Å². The van der Waals surface area contributed by atoms with Crippen LogP contribution >= 0.6 is 11.6 Å². The third-order valence-electron chi connectivity index (χ3n) is 4.48. The number of halogens is 1. The summed E-state index contributed by atoms with van der Waals surface area (Å²) in [5.74, 6) is 1.27. The van der Waals surface area contributed by atoms with Crippen LogP contribution in [0.1, 0.15) is 56.0 Å². The highest BCUT2D eigenvalue weighted by Crippen LogP contribution is 2.41. The van der Waals surface area contributed by atoms with Gasteiger partial charge in [-0.3, -0.25) is 0 Å². The van der Waals surface area contributed by atoms with Gasteiger partial charge in [-0.05, 0) is 37.0 Å². The first kappa shape index (κ1) is 15.4. The molecule has 0 bridgehead atoms. The molecular weight excluding hydrogens is 294 g/mol. The molecule has 3 rings (SSSR count). The molecule has 1 heterocycles. The lowest BCUT2D eigenvalue weighted by molar-refractivity contribution is 0.183. The first-order chi connectivity index (χ1) is 10.6. The van der Waals surface area contributed by atoms with Gasteiger partial charge in [0.1, 0.15) is 5.82 Å². The molecule has 1 aromatic carbocycles. The van der Waals surface area contributed by atoms with Crippen LogP contribution < -0.4 is 5.32 Å². The van der Waals surface area contributed by atoms with E-state index in [2.05, 4.69) is 41.3 Å². The molecule has 0 aliphatic heterocycles. The highest BCUT2D eigenvalue weighted by molar-refractivity contribution is 6.30. The van der Waals surface area contributed by atoms with Gasteiger partial charge < -0.3 is 5.32 Å². The maximum atomic E-state index is 6.00. The molecule has 0 radical (unpaired) electrons. The summed E-state index contributed by atoms with van der Waals surface area (Å²) < 4.78 is 0. The van der Waals surface area contributed by atoms with Gasteiger partial charge in [0.05, 0.1) is 0 Å². The molecule has 0 spiro atoms. The van der Waals surface area contributed by atoms with Crippen molar-refractivity contribution in [3.63, 3.8) is 0 Å². The number of benzene rings is 1. The van der Waals surface area contributed by atoms with Crippen LogP contribution in [-0.2, 0) is 12.1 Å². The van der Waals surface area contributed by atoms with E-state index in [1.54, 1.807) is 0 Å². The summed E-state index contributed by atoms with van der Waals surface area (Å²) in [7, 11) is 0. The minimum atomic E-state index is 0.0846. The molecule has 0 atom stereocenters. The van der Waals surface area contributed by atoms with E-state index in [0.717, 1.165) is 23.0 Å². The molecular formula is C18H22ClN3. The van der Waals surface area contributed by atoms with E-state index in [1.165, 1.54) is 24.8 Å². The fraction of sp³-hybridized carbons (Fsp3) is 0.444. The van der Waals surface area contributed by atoms with Gasteiger partial charge in [0, 0.05) is 41.0 Å². The lowest BCUT2D eigenvalue weighted by Gasteiger charge is -2.43. The monoisotopic (exact) mass is 315 g/mol. The Balaban J connectivity index is 1.69. The van der Waals surface area contributed by atoms with Gasteiger partial charge in [0.15, 0.2) is 0 Å². The topological polar surface area (TPSA) is 37.8 Å². The van der Waals surface area contributed by atoms with Gasteiger partial charge >= 0.3 is 0 Å². The Labute approximate surface area is 137 Å². The van der Waals surface area contributed by atoms with Crippen molar-refractivity contribution >= 4 is 11.6 Å². The van der Waals surface area contributed by atoms with E-state index in [0.29, 0.717) is 5.92 Å². The van der Waals surface area contributed by atoms with Gasteiger partial charge in [-0.1, -0.05) is 37.6 Å². The molecule has 0 amide bonds. The number of hydrogen-bond acceptors (Lipinski definition) is 3. The Morgan fingerprint density at radius 1 is 1.14 bits per heavy atom. The largest absolute Gasteiger partial charge is 0.303 e. The second-order valence-electron chi connectivity index (χ2n) is 6.40. The third-order valence-corrected chi connectivity index (χ3v) is 4.73. The average Bonchev–Trinajstić information content (AvgIpc) is 2.48. The van der Waals surface area contributed by atoms with Crippen LogP contribution in [0.3, 0.4) is 0 Å². The Hall–Kier alpha value is -1.45. The lowest BCUT2D eigenvalue weighted by Crippen LogP contribution is -2.47. The quantitative estimate of drug-likeness (QED) is 0.887. The van der Waals surface area contributed by atoms with Crippen molar-refractivity contribution < 1.29 is 0 Å². The standard InChI is InChI=1S/C18H22ClN3/c1-13(2)17-20-10-14(11-21-17)12-22-18(8-3-9-18)15-4-6-16(19)7-5-15/h4-7,10-11,13,22H,3,8-9,12H2,1-2H3. The van der Waals surface area contributed by atoms with Gasteiger partial charge in [-0.2, -0.15) is 0 Å². The van der Waals surface area contributed by atoms with E-state index in [4.69, 9.17) is 11.6 Å². The second-order valence-corrected chi connectivity index (χ2v) is 6.84. The summed E-state index contributed by atoms with van der Waals surface area (Å²) in [5, 5.41) is 4.50. The molecule has 1 N–H and O–H groups in total. The Morgan fingerprint density at radius 3 is 2.27 bits per heavy atom. The van der Waals surface area contributed by atoms with Crippen molar-refractivity contribution in [2.24, 2.45) is 0 Å². The fourth-order valence-corrected chi connectivity index (χ4v) is 3.02. The summed E-state index contributed by atoms with van der Waals surface area (Å²) in [6.07, 6.45) is 7.46. The number of hydrogen-bond donors (Lipinski definition) is 1. The molecule has 1 aliphatic rings. The zero-order chi connectivity index (χ0) is 15.6. The molecule has 2 aromatic rings. The molecule has 4 heteroatoms. The van der Waals surface area contributed by atoms with Crippen molar-refractivity contribution in [1.82, 2.24) is 15.3 Å². The number of aromatic nitrogens is 2. The maximum Gasteiger partial charge on any atom is 0.130 e. The minimum Gasteiger partial charge on any atom is -0.303 e. The predicted molar refractivity (Wildman–Crippen MR) is 89.9 cm³/mol. The SMILES string of the molecule is CC(C)c1ncc(CNC2(c3ccc(Cl)cc3)CCC2)cn1. The van der Waals surface area contributed by atoms with E-state index in [1.807, 2.05) is 24.5 Å². The average molecular weight is 316 g/mol. The predicted octanol–water partition coefficient (Wildman–Crippen LogP) is 4.42. The molecule has 1 saturated carbocycles. The van der Waals surface area contributed by atoms with Crippen LogP contribution in [0.4, 0.5) is 0 Å². The first-order valence-corrected chi connectivity index (χ1v) is 8.29. The van der Waals surface area contributed by atoms with Gasteiger partial charge in [0.2, 0.25) is 0 Å². The van der Waals surface area contributed by atoms with Gasteiger partial charge in [0.25, 0.3) is 0 Å². The molecule has 0 unspecified atom stereocenters. The van der Waals surface area contributed by atoms with Crippen molar-refractivity contribution in [3.05, 3.63) is 58.6 Å². The van der Waals surface area contributed by atoms with Crippen LogP contribution in [0.25, 0.3) is 0 Å². The third kappa shape index (κ3) is 3.16. The van der Waals surface area contributed by atoms with Crippen LogP contribution in [-0.4, -0.2) is 9.97 Å². The maximum absolute atomic E-state index is 6.00. The molecule has 1 fully saturated rings. The Morgan fingerprint density at radius 2 is 1.77 bits per heavy atom. The van der Waals surface area contributed by atoms with Crippen LogP contribution in [0.2, 0.25) is 5.02 Å². The summed E-state index contributed by atoms with van der Waals surface area (Å²) in [6, 6.07) is 8.21. The smallest absolute Gasteiger partial charge is 0.130 e. The number of nitrogens with one attached hydrogen (secondary N) is 1. The van der Waals surface area contributed by atoms with Crippen LogP contribution in [0, 0.1) is 0 Å². The normalized spacial score (nSPS) is 16.5. The lowest BCUT2D eigenvalue weighted by atomic mass is 9.72.